The standard InChI is InChI=1S/C21H20O7/c1-23-17-4-10(5-18(24-2)20(17)25-3)19-12-7-16-15(26-9-27-16)6-11(12)14-8-13(19)21(22)28-14/h4-7,13-14,19H,8-9H2,1-3H3/t13-,14+,19+/m0/s1. The molecule has 2 bridgehead atoms. The van der Waals surface area contributed by atoms with Crippen molar-refractivity contribution >= 4 is 5.97 Å². The van der Waals surface area contributed by atoms with E-state index >= 15 is 0 Å². The third kappa shape index (κ3) is 2.32. The highest BCUT2D eigenvalue weighted by atomic mass is 16.7. The van der Waals surface area contributed by atoms with Crippen molar-refractivity contribution in [3.05, 3.63) is 41.0 Å². The molecule has 0 aromatic heterocycles. The van der Waals surface area contributed by atoms with Crippen LogP contribution in [0.4, 0.5) is 0 Å². The van der Waals surface area contributed by atoms with Crippen molar-refractivity contribution in [2.75, 3.05) is 28.1 Å². The number of carbonyl (C=O) groups is 1. The van der Waals surface area contributed by atoms with Gasteiger partial charge in [-0.2, -0.15) is 0 Å². The van der Waals surface area contributed by atoms with Crippen LogP contribution in [-0.2, 0) is 9.53 Å². The van der Waals surface area contributed by atoms with Gasteiger partial charge in [-0.3, -0.25) is 4.79 Å². The zero-order chi connectivity index (χ0) is 19.4. The maximum atomic E-state index is 12.6. The lowest BCUT2D eigenvalue weighted by Crippen LogP contribution is -2.22. The number of fused-ring (bicyclic) bond motifs is 5. The van der Waals surface area contributed by atoms with Gasteiger partial charge in [0, 0.05) is 17.9 Å². The predicted octanol–water partition coefficient (Wildman–Crippen LogP) is 3.19. The molecule has 1 saturated heterocycles. The van der Waals surface area contributed by atoms with Gasteiger partial charge in [0.1, 0.15) is 6.10 Å². The molecule has 3 aliphatic rings. The number of hydrogen-bond acceptors (Lipinski definition) is 7. The highest BCUT2D eigenvalue weighted by Crippen LogP contribution is 2.55. The first-order valence-electron chi connectivity index (χ1n) is 9.08. The molecule has 2 heterocycles. The van der Waals surface area contributed by atoms with E-state index in [0.29, 0.717) is 35.2 Å². The number of methoxy groups -OCH3 is 3. The Hall–Kier alpha value is -3.09. The topological polar surface area (TPSA) is 72.5 Å². The Kier molecular flexibility index (Phi) is 3.79. The summed E-state index contributed by atoms with van der Waals surface area (Å²) in [6.07, 6.45) is 0.382. The molecule has 0 spiro atoms. The molecule has 2 aromatic rings. The van der Waals surface area contributed by atoms with E-state index in [4.69, 9.17) is 28.4 Å². The van der Waals surface area contributed by atoms with Gasteiger partial charge in [0.25, 0.3) is 0 Å². The Morgan fingerprint density at radius 2 is 1.54 bits per heavy atom. The summed E-state index contributed by atoms with van der Waals surface area (Å²) in [5, 5.41) is 0. The number of ether oxygens (including phenoxy) is 6. The molecule has 7 heteroatoms. The first kappa shape index (κ1) is 17.0. The van der Waals surface area contributed by atoms with Gasteiger partial charge in [-0.1, -0.05) is 0 Å². The van der Waals surface area contributed by atoms with Crippen LogP contribution in [-0.4, -0.2) is 34.1 Å². The van der Waals surface area contributed by atoms with Gasteiger partial charge in [-0.05, 0) is 35.4 Å². The third-order valence-electron chi connectivity index (χ3n) is 5.74. The van der Waals surface area contributed by atoms with Crippen molar-refractivity contribution in [2.45, 2.75) is 18.4 Å². The van der Waals surface area contributed by atoms with Gasteiger partial charge in [-0.15, -0.1) is 0 Å². The van der Waals surface area contributed by atoms with Crippen molar-refractivity contribution in [1.29, 1.82) is 0 Å². The average Bonchev–Trinajstić information content (AvgIpc) is 3.30. The lowest BCUT2D eigenvalue weighted by Gasteiger charge is -2.29. The van der Waals surface area contributed by atoms with Crippen molar-refractivity contribution in [2.24, 2.45) is 5.92 Å². The molecule has 0 radical (unpaired) electrons. The number of rotatable bonds is 4. The second-order valence-corrected chi connectivity index (χ2v) is 7.04. The zero-order valence-electron chi connectivity index (χ0n) is 15.8. The van der Waals surface area contributed by atoms with Crippen molar-refractivity contribution in [1.82, 2.24) is 0 Å². The fourth-order valence-electron chi connectivity index (χ4n) is 4.50. The molecule has 3 atom stereocenters. The lowest BCUT2D eigenvalue weighted by molar-refractivity contribution is -0.144. The normalized spacial score (nSPS) is 23.8. The minimum Gasteiger partial charge on any atom is -0.493 e. The molecule has 2 aromatic carbocycles. The molecule has 146 valence electrons. The predicted molar refractivity (Wildman–Crippen MR) is 97.4 cm³/mol. The molecule has 1 fully saturated rings. The molecule has 1 aliphatic carbocycles. The van der Waals surface area contributed by atoms with Gasteiger partial charge < -0.3 is 28.4 Å². The van der Waals surface area contributed by atoms with E-state index in [1.807, 2.05) is 24.3 Å². The summed E-state index contributed by atoms with van der Waals surface area (Å²) >= 11 is 0. The maximum Gasteiger partial charge on any atom is 0.310 e. The van der Waals surface area contributed by atoms with E-state index in [1.165, 1.54) is 0 Å². The van der Waals surface area contributed by atoms with E-state index in [0.717, 1.165) is 16.7 Å². The SMILES string of the molecule is COc1cc([C@@H]2c3cc4c(cc3[C@H]3C[C@@H]2C(=O)O3)OCO4)cc(OC)c1OC. The Bertz CT molecular complexity index is 942. The van der Waals surface area contributed by atoms with Crippen LogP contribution in [0.3, 0.4) is 0 Å². The maximum absolute atomic E-state index is 12.6. The molecule has 0 N–H and O–H groups in total. The Morgan fingerprint density at radius 1 is 0.893 bits per heavy atom. The summed E-state index contributed by atoms with van der Waals surface area (Å²) in [7, 11) is 4.72. The summed E-state index contributed by atoms with van der Waals surface area (Å²) in [5.74, 6) is 2.31. The van der Waals surface area contributed by atoms with Gasteiger partial charge in [0.2, 0.25) is 12.5 Å². The summed E-state index contributed by atoms with van der Waals surface area (Å²) < 4.78 is 33.2. The van der Waals surface area contributed by atoms with Crippen LogP contribution >= 0.6 is 0 Å². The fourth-order valence-corrected chi connectivity index (χ4v) is 4.50. The van der Waals surface area contributed by atoms with Crippen molar-refractivity contribution < 1.29 is 33.2 Å². The van der Waals surface area contributed by atoms with Gasteiger partial charge in [0.15, 0.2) is 23.0 Å². The van der Waals surface area contributed by atoms with E-state index in [-0.39, 0.29) is 30.7 Å². The molecule has 7 nitrogen and oxygen atoms in total. The summed E-state index contributed by atoms with van der Waals surface area (Å²) in [4.78, 5) is 12.6. The first-order chi connectivity index (χ1) is 13.6. The zero-order valence-corrected chi connectivity index (χ0v) is 15.8. The van der Waals surface area contributed by atoms with Gasteiger partial charge >= 0.3 is 5.97 Å². The Morgan fingerprint density at radius 3 is 2.14 bits per heavy atom. The van der Waals surface area contributed by atoms with Crippen LogP contribution in [0.2, 0.25) is 0 Å². The van der Waals surface area contributed by atoms with Crippen molar-refractivity contribution in [3.8, 4) is 28.7 Å². The van der Waals surface area contributed by atoms with E-state index in [9.17, 15) is 4.79 Å². The quantitative estimate of drug-likeness (QED) is 0.750. The minimum absolute atomic E-state index is 0.193. The molecule has 0 amide bonds. The Labute approximate surface area is 162 Å². The van der Waals surface area contributed by atoms with Crippen LogP contribution in [0.1, 0.15) is 35.1 Å². The highest BCUT2D eigenvalue weighted by molar-refractivity contribution is 5.79. The van der Waals surface area contributed by atoms with Crippen LogP contribution in [0.15, 0.2) is 24.3 Å². The van der Waals surface area contributed by atoms with Crippen molar-refractivity contribution in [3.63, 3.8) is 0 Å². The van der Waals surface area contributed by atoms with E-state index < -0.39 is 0 Å². The smallest absolute Gasteiger partial charge is 0.310 e. The minimum atomic E-state index is -0.277. The van der Waals surface area contributed by atoms with Gasteiger partial charge in [0.05, 0.1) is 27.2 Å². The third-order valence-corrected chi connectivity index (χ3v) is 5.74. The molecule has 2 aliphatic heterocycles. The second kappa shape index (κ2) is 6.22. The molecular weight excluding hydrogens is 364 g/mol. The number of carbonyl (C=O) groups excluding carboxylic acids is 1. The summed E-state index contributed by atoms with van der Waals surface area (Å²) in [6.45, 7) is 0.195. The highest BCUT2D eigenvalue weighted by Gasteiger charge is 2.48. The first-order valence-corrected chi connectivity index (χ1v) is 9.08. The largest absolute Gasteiger partial charge is 0.493 e. The lowest BCUT2D eigenvalue weighted by atomic mass is 9.72. The second-order valence-electron chi connectivity index (χ2n) is 7.04. The molecular formula is C21H20O7. The average molecular weight is 384 g/mol. The summed E-state index contributed by atoms with van der Waals surface area (Å²) in [6, 6.07) is 7.69. The van der Waals surface area contributed by atoms with Crippen LogP contribution in [0.25, 0.3) is 0 Å². The van der Waals surface area contributed by atoms with Gasteiger partial charge in [-0.25, -0.2) is 0 Å². The van der Waals surface area contributed by atoms with Crippen LogP contribution < -0.4 is 23.7 Å². The van der Waals surface area contributed by atoms with Crippen LogP contribution in [0, 0.1) is 5.92 Å². The van der Waals surface area contributed by atoms with E-state index in [2.05, 4.69) is 0 Å². The number of hydrogen-bond donors (Lipinski definition) is 0. The molecule has 5 rings (SSSR count). The fraction of sp³-hybridized carbons (Fsp3) is 0.381. The monoisotopic (exact) mass is 384 g/mol. The Balaban J connectivity index is 1.71. The molecule has 0 unspecified atom stereocenters. The van der Waals surface area contributed by atoms with E-state index in [1.54, 1.807) is 21.3 Å². The number of esters is 1. The number of benzene rings is 2. The molecule has 28 heavy (non-hydrogen) atoms. The van der Waals surface area contributed by atoms with Crippen LogP contribution in [0.5, 0.6) is 28.7 Å². The summed E-state index contributed by atoms with van der Waals surface area (Å²) in [5.41, 5.74) is 2.87. The molecule has 0 saturated carbocycles.